The third kappa shape index (κ3) is 4.09. The molecule has 2 aromatic rings. The normalized spacial score (nSPS) is 10.4. The van der Waals surface area contributed by atoms with Crippen molar-refractivity contribution in [3.8, 4) is 0 Å². The van der Waals surface area contributed by atoms with Crippen LogP contribution in [0.2, 0.25) is 0 Å². The summed E-state index contributed by atoms with van der Waals surface area (Å²) in [5.74, 6) is 0.0165. The van der Waals surface area contributed by atoms with E-state index in [9.17, 15) is 4.79 Å². The quantitative estimate of drug-likeness (QED) is 0.839. The van der Waals surface area contributed by atoms with E-state index >= 15 is 0 Å². The zero-order valence-corrected chi connectivity index (χ0v) is 12.9. The van der Waals surface area contributed by atoms with Gasteiger partial charge < -0.3 is 11.1 Å². The van der Waals surface area contributed by atoms with Gasteiger partial charge in [-0.25, -0.2) is 0 Å². The van der Waals surface area contributed by atoms with Gasteiger partial charge in [0, 0.05) is 17.8 Å². The predicted molar refractivity (Wildman–Crippen MR) is 88.5 cm³/mol. The largest absolute Gasteiger partial charge is 0.398 e. The number of nitrogen functional groups attached to an aromatic ring is 1. The van der Waals surface area contributed by atoms with Crippen LogP contribution in [-0.4, -0.2) is 5.91 Å². The highest BCUT2D eigenvalue weighted by atomic mass is 16.1. The van der Waals surface area contributed by atoms with E-state index in [1.165, 1.54) is 11.1 Å². The average molecular weight is 282 g/mol. The number of carbonyl (C=O) groups excluding carboxylic acids is 1. The predicted octanol–water partition coefficient (Wildman–Crippen LogP) is 3.77. The molecular weight excluding hydrogens is 260 g/mol. The van der Waals surface area contributed by atoms with E-state index < -0.39 is 0 Å². The van der Waals surface area contributed by atoms with Crippen molar-refractivity contribution in [2.45, 2.75) is 33.6 Å². The van der Waals surface area contributed by atoms with E-state index in [4.69, 9.17) is 5.73 Å². The molecule has 2 aromatic carbocycles. The first-order valence-electron chi connectivity index (χ1n) is 7.18. The Morgan fingerprint density at radius 1 is 1.10 bits per heavy atom. The Balaban J connectivity index is 1.97. The summed E-state index contributed by atoms with van der Waals surface area (Å²) in [5, 5.41) is 2.94. The van der Waals surface area contributed by atoms with Gasteiger partial charge in [0.1, 0.15) is 0 Å². The van der Waals surface area contributed by atoms with Crippen LogP contribution in [0.5, 0.6) is 0 Å². The van der Waals surface area contributed by atoms with Crippen LogP contribution in [-0.2, 0) is 11.2 Å². The monoisotopic (exact) mass is 282 g/mol. The average Bonchev–Trinajstić information content (AvgIpc) is 2.43. The van der Waals surface area contributed by atoms with Crippen LogP contribution in [0.3, 0.4) is 0 Å². The molecule has 0 unspecified atom stereocenters. The third-order valence-electron chi connectivity index (χ3n) is 3.61. The van der Waals surface area contributed by atoms with Crippen LogP contribution in [0.25, 0.3) is 0 Å². The van der Waals surface area contributed by atoms with Crippen molar-refractivity contribution in [2.24, 2.45) is 0 Å². The van der Waals surface area contributed by atoms with Crippen molar-refractivity contribution in [2.75, 3.05) is 11.1 Å². The molecule has 0 aliphatic heterocycles. The molecule has 110 valence electrons. The maximum atomic E-state index is 12.1. The van der Waals surface area contributed by atoms with Gasteiger partial charge in [-0.05, 0) is 49.9 Å². The van der Waals surface area contributed by atoms with Gasteiger partial charge in [-0.2, -0.15) is 0 Å². The van der Waals surface area contributed by atoms with E-state index in [1.807, 2.05) is 32.0 Å². The van der Waals surface area contributed by atoms with Crippen molar-refractivity contribution in [1.29, 1.82) is 0 Å². The first-order valence-corrected chi connectivity index (χ1v) is 7.18. The highest BCUT2D eigenvalue weighted by molar-refractivity contribution is 5.92. The number of benzene rings is 2. The Labute approximate surface area is 126 Å². The Bertz CT molecular complexity index is 662. The van der Waals surface area contributed by atoms with Gasteiger partial charge in [-0.1, -0.05) is 35.9 Å². The summed E-state index contributed by atoms with van der Waals surface area (Å²) in [5.41, 5.74) is 11.9. The maximum absolute atomic E-state index is 12.1. The SMILES string of the molecule is Cc1cccc(CCC(=O)Nc2cc(N)c(C)cc2C)c1. The van der Waals surface area contributed by atoms with E-state index in [-0.39, 0.29) is 5.91 Å². The second-order valence-corrected chi connectivity index (χ2v) is 5.56. The molecule has 0 spiro atoms. The molecule has 0 fully saturated rings. The molecule has 0 aliphatic rings. The molecule has 0 saturated carbocycles. The number of hydrogen-bond donors (Lipinski definition) is 2. The lowest BCUT2D eigenvalue weighted by molar-refractivity contribution is -0.116. The Morgan fingerprint density at radius 3 is 2.57 bits per heavy atom. The Kier molecular flexibility index (Phi) is 4.63. The van der Waals surface area contributed by atoms with E-state index in [1.54, 1.807) is 0 Å². The summed E-state index contributed by atoms with van der Waals surface area (Å²) in [6.07, 6.45) is 1.21. The van der Waals surface area contributed by atoms with Crippen molar-refractivity contribution < 1.29 is 4.79 Å². The van der Waals surface area contributed by atoms with Crippen LogP contribution in [0.4, 0.5) is 11.4 Å². The molecule has 3 N–H and O–H groups in total. The van der Waals surface area contributed by atoms with Crippen molar-refractivity contribution in [3.63, 3.8) is 0 Å². The molecule has 0 saturated heterocycles. The number of hydrogen-bond acceptors (Lipinski definition) is 2. The second kappa shape index (κ2) is 6.44. The molecule has 0 bridgehead atoms. The topological polar surface area (TPSA) is 55.1 Å². The number of carbonyl (C=O) groups is 1. The molecule has 3 heteroatoms. The lowest BCUT2D eigenvalue weighted by Gasteiger charge is -2.11. The molecule has 0 aromatic heterocycles. The number of anilines is 2. The number of rotatable bonds is 4. The van der Waals surface area contributed by atoms with Gasteiger partial charge in [0.25, 0.3) is 0 Å². The highest BCUT2D eigenvalue weighted by Gasteiger charge is 2.07. The maximum Gasteiger partial charge on any atom is 0.224 e. The van der Waals surface area contributed by atoms with Gasteiger partial charge in [-0.3, -0.25) is 4.79 Å². The lowest BCUT2D eigenvalue weighted by Crippen LogP contribution is -2.13. The number of amides is 1. The van der Waals surface area contributed by atoms with Gasteiger partial charge in [-0.15, -0.1) is 0 Å². The molecule has 21 heavy (non-hydrogen) atoms. The summed E-state index contributed by atoms with van der Waals surface area (Å²) in [6.45, 7) is 6.00. The second-order valence-electron chi connectivity index (χ2n) is 5.56. The third-order valence-corrected chi connectivity index (χ3v) is 3.61. The van der Waals surface area contributed by atoms with Crippen LogP contribution >= 0.6 is 0 Å². The zero-order valence-electron chi connectivity index (χ0n) is 12.9. The van der Waals surface area contributed by atoms with Crippen LogP contribution in [0.1, 0.15) is 28.7 Å². The van der Waals surface area contributed by atoms with Crippen molar-refractivity contribution in [1.82, 2.24) is 0 Å². The summed E-state index contributed by atoms with van der Waals surface area (Å²) >= 11 is 0. The molecule has 0 aliphatic carbocycles. The minimum Gasteiger partial charge on any atom is -0.398 e. The molecule has 3 nitrogen and oxygen atoms in total. The lowest BCUT2D eigenvalue weighted by atomic mass is 10.1. The number of nitrogens with one attached hydrogen (secondary N) is 1. The summed E-state index contributed by atoms with van der Waals surface area (Å²) in [6, 6.07) is 12.1. The smallest absolute Gasteiger partial charge is 0.224 e. The van der Waals surface area contributed by atoms with Crippen LogP contribution in [0.15, 0.2) is 36.4 Å². The van der Waals surface area contributed by atoms with Crippen molar-refractivity contribution in [3.05, 3.63) is 58.7 Å². The first-order chi connectivity index (χ1) is 9.95. The highest BCUT2D eigenvalue weighted by Crippen LogP contribution is 2.22. The van der Waals surface area contributed by atoms with E-state index in [0.29, 0.717) is 12.1 Å². The molecule has 1 amide bonds. The molecular formula is C18H22N2O. The van der Waals surface area contributed by atoms with Gasteiger partial charge in [0.2, 0.25) is 5.91 Å². The fraction of sp³-hybridized carbons (Fsp3) is 0.278. The fourth-order valence-electron chi connectivity index (χ4n) is 2.34. The minimum absolute atomic E-state index is 0.0165. The summed E-state index contributed by atoms with van der Waals surface area (Å²) in [4.78, 5) is 12.1. The van der Waals surface area contributed by atoms with Crippen LogP contribution < -0.4 is 11.1 Å². The fourth-order valence-corrected chi connectivity index (χ4v) is 2.34. The van der Waals surface area contributed by atoms with E-state index in [0.717, 1.165) is 23.2 Å². The van der Waals surface area contributed by atoms with Crippen molar-refractivity contribution >= 4 is 17.3 Å². The zero-order chi connectivity index (χ0) is 15.4. The molecule has 0 heterocycles. The standard InChI is InChI=1S/C18H22N2O/c1-12-5-4-6-15(9-12)7-8-18(21)20-17-11-16(19)13(2)10-14(17)3/h4-6,9-11H,7-8,19H2,1-3H3,(H,20,21). The van der Waals surface area contributed by atoms with Gasteiger partial charge in [0.05, 0.1) is 0 Å². The van der Waals surface area contributed by atoms with Gasteiger partial charge >= 0.3 is 0 Å². The molecule has 2 rings (SSSR count). The van der Waals surface area contributed by atoms with E-state index in [2.05, 4.69) is 30.4 Å². The Morgan fingerprint density at radius 2 is 1.86 bits per heavy atom. The van der Waals surface area contributed by atoms with Gasteiger partial charge in [0.15, 0.2) is 0 Å². The molecule has 0 radical (unpaired) electrons. The number of aryl methyl sites for hydroxylation is 4. The summed E-state index contributed by atoms with van der Waals surface area (Å²) < 4.78 is 0. The summed E-state index contributed by atoms with van der Waals surface area (Å²) in [7, 11) is 0. The Hall–Kier alpha value is -2.29. The molecule has 0 atom stereocenters. The minimum atomic E-state index is 0.0165. The van der Waals surface area contributed by atoms with Crippen LogP contribution in [0, 0.1) is 20.8 Å². The number of nitrogens with two attached hydrogens (primary N) is 1. The first kappa shape index (κ1) is 15.1.